The first kappa shape index (κ1) is 16.1. The fourth-order valence-electron chi connectivity index (χ4n) is 1.92. The van der Waals surface area contributed by atoms with Gasteiger partial charge >= 0.3 is 0 Å². The van der Waals surface area contributed by atoms with Gasteiger partial charge in [-0.3, -0.25) is 11.3 Å². The van der Waals surface area contributed by atoms with E-state index in [4.69, 9.17) is 5.84 Å². The summed E-state index contributed by atoms with van der Waals surface area (Å²) in [5, 5.41) is 0. The van der Waals surface area contributed by atoms with Gasteiger partial charge in [0.25, 0.3) is 0 Å². The second kappa shape index (κ2) is 5.97. The Bertz CT molecular complexity index is 439. The molecule has 0 heterocycles. The van der Waals surface area contributed by atoms with Crippen LogP contribution in [0.1, 0.15) is 51.3 Å². The van der Waals surface area contributed by atoms with Crippen LogP contribution in [0.4, 0.5) is 8.78 Å². The highest BCUT2D eigenvalue weighted by Gasteiger charge is 2.26. The van der Waals surface area contributed by atoms with E-state index in [9.17, 15) is 8.78 Å². The van der Waals surface area contributed by atoms with Crippen molar-refractivity contribution in [2.75, 3.05) is 0 Å². The van der Waals surface area contributed by atoms with E-state index in [1.54, 1.807) is 19.1 Å². The number of nitrogens with one attached hydrogen (secondary N) is 1. The molecule has 0 saturated heterocycles. The molecule has 2 nitrogen and oxygen atoms in total. The van der Waals surface area contributed by atoms with Crippen LogP contribution in [0.25, 0.3) is 0 Å². The molecule has 19 heavy (non-hydrogen) atoms. The highest BCUT2D eigenvalue weighted by molar-refractivity contribution is 5.27. The Morgan fingerprint density at radius 3 is 2.26 bits per heavy atom. The number of nitrogens with two attached hydrogens (primary N) is 1. The van der Waals surface area contributed by atoms with Crippen LogP contribution < -0.4 is 11.3 Å². The highest BCUT2D eigenvalue weighted by atomic mass is 19.2. The zero-order chi connectivity index (χ0) is 14.8. The van der Waals surface area contributed by atoms with Gasteiger partial charge < -0.3 is 0 Å². The van der Waals surface area contributed by atoms with Crippen molar-refractivity contribution in [3.05, 3.63) is 34.9 Å². The molecule has 0 amide bonds. The number of rotatable bonds is 4. The summed E-state index contributed by atoms with van der Waals surface area (Å²) in [6, 6.07) is 2.80. The zero-order valence-corrected chi connectivity index (χ0v) is 12.3. The molecule has 1 aromatic carbocycles. The van der Waals surface area contributed by atoms with E-state index in [0.29, 0.717) is 23.5 Å². The summed E-state index contributed by atoms with van der Waals surface area (Å²) in [4.78, 5) is 0. The average molecular weight is 270 g/mol. The maximum absolute atomic E-state index is 14.0. The number of hydrazine groups is 1. The third-order valence-corrected chi connectivity index (χ3v) is 3.95. The topological polar surface area (TPSA) is 38.0 Å². The first-order valence-electron chi connectivity index (χ1n) is 6.59. The molecule has 0 aromatic heterocycles. The third-order valence-electron chi connectivity index (χ3n) is 3.95. The van der Waals surface area contributed by atoms with E-state index in [0.717, 1.165) is 0 Å². The molecule has 3 N–H and O–H groups in total. The number of halogens is 2. The number of hydrogen-bond acceptors (Lipinski definition) is 2. The van der Waals surface area contributed by atoms with Crippen LogP contribution in [-0.2, 0) is 0 Å². The summed E-state index contributed by atoms with van der Waals surface area (Å²) < 4.78 is 27.6. The van der Waals surface area contributed by atoms with Crippen molar-refractivity contribution < 1.29 is 8.78 Å². The van der Waals surface area contributed by atoms with E-state index < -0.39 is 11.6 Å². The lowest BCUT2D eigenvalue weighted by Crippen LogP contribution is -2.32. The first-order valence-corrected chi connectivity index (χ1v) is 6.59. The Labute approximate surface area is 114 Å². The molecule has 0 saturated carbocycles. The molecule has 0 bridgehead atoms. The Hall–Kier alpha value is -1.00. The van der Waals surface area contributed by atoms with Crippen molar-refractivity contribution in [2.24, 2.45) is 17.2 Å². The molecule has 2 unspecified atom stereocenters. The fraction of sp³-hybridized carbons (Fsp3) is 0.600. The second-order valence-electron chi connectivity index (χ2n) is 6.32. The molecular formula is C15H24F2N2. The van der Waals surface area contributed by atoms with Crippen molar-refractivity contribution in [1.29, 1.82) is 0 Å². The van der Waals surface area contributed by atoms with Crippen LogP contribution in [-0.4, -0.2) is 0 Å². The predicted molar refractivity (Wildman–Crippen MR) is 74.4 cm³/mol. The molecule has 1 rings (SSSR count). The molecule has 2 atom stereocenters. The van der Waals surface area contributed by atoms with Crippen LogP contribution in [0.5, 0.6) is 0 Å². The lowest BCUT2D eigenvalue weighted by atomic mass is 9.77. The van der Waals surface area contributed by atoms with Gasteiger partial charge in [0.05, 0.1) is 0 Å². The van der Waals surface area contributed by atoms with Crippen LogP contribution in [0, 0.1) is 29.9 Å². The lowest BCUT2D eigenvalue weighted by molar-refractivity contribution is 0.221. The first-order chi connectivity index (χ1) is 8.68. The standard InChI is InChI=1S/C15H24F2N2/c1-9-6-7-11(14(17)13(9)16)12(19-18)8-10(2)15(3,4)5/h6-7,10,12,19H,8,18H2,1-5H3. The summed E-state index contributed by atoms with van der Waals surface area (Å²) in [6.45, 7) is 10.0. The summed E-state index contributed by atoms with van der Waals surface area (Å²) in [6.07, 6.45) is 0.652. The van der Waals surface area contributed by atoms with Crippen molar-refractivity contribution >= 4 is 0 Å². The van der Waals surface area contributed by atoms with Crippen LogP contribution in [0.2, 0.25) is 0 Å². The summed E-state index contributed by atoms with van der Waals surface area (Å²) in [7, 11) is 0. The van der Waals surface area contributed by atoms with E-state index in [1.807, 2.05) is 0 Å². The smallest absolute Gasteiger partial charge is 0.163 e. The van der Waals surface area contributed by atoms with Gasteiger partial charge in [-0.05, 0) is 30.2 Å². The summed E-state index contributed by atoms with van der Waals surface area (Å²) in [5.74, 6) is 4.24. The van der Waals surface area contributed by atoms with Gasteiger partial charge in [-0.15, -0.1) is 0 Å². The molecule has 4 heteroatoms. The molecule has 1 aromatic rings. The molecule has 0 aliphatic carbocycles. The minimum Gasteiger partial charge on any atom is -0.271 e. The van der Waals surface area contributed by atoms with Gasteiger partial charge in [-0.2, -0.15) is 0 Å². The van der Waals surface area contributed by atoms with Crippen molar-refractivity contribution in [1.82, 2.24) is 5.43 Å². The van der Waals surface area contributed by atoms with Gasteiger partial charge in [-0.25, -0.2) is 8.78 Å². The Morgan fingerprint density at radius 1 is 1.21 bits per heavy atom. The molecular weight excluding hydrogens is 246 g/mol. The number of benzene rings is 1. The molecule has 0 fully saturated rings. The van der Waals surface area contributed by atoms with Gasteiger partial charge in [0.2, 0.25) is 0 Å². The quantitative estimate of drug-likeness (QED) is 0.644. The van der Waals surface area contributed by atoms with Gasteiger partial charge in [0.1, 0.15) is 0 Å². The van der Waals surface area contributed by atoms with Gasteiger partial charge in [0.15, 0.2) is 11.6 Å². The molecule has 108 valence electrons. The summed E-state index contributed by atoms with van der Waals surface area (Å²) >= 11 is 0. The minimum absolute atomic E-state index is 0.0921. The van der Waals surface area contributed by atoms with Gasteiger partial charge in [-0.1, -0.05) is 39.8 Å². The molecule has 0 aliphatic heterocycles. The van der Waals surface area contributed by atoms with Crippen LogP contribution in [0.3, 0.4) is 0 Å². The fourth-order valence-corrected chi connectivity index (χ4v) is 1.92. The second-order valence-corrected chi connectivity index (χ2v) is 6.32. The van der Waals surface area contributed by atoms with Crippen molar-refractivity contribution in [3.63, 3.8) is 0 Å². The predicted octanol–water partition coefficient (Wildman–Crippen LogP) is 3.85. The Morgan fingerprint density at radius 2 is 1.79 bits per heavy atom. The minimum atomic E-state index is -0.802. The monoisotopic (exact) mass is 270 g/mol. The third kappa shape index (κ3) is 3.74. The van der Waals surface area contributed by atoms with E-state index in [1.165, 1.54) is 0 Å². The molecule has 0 spiro atoms. The van der Waals surface area contributed by atoms with Gasteiger partial charge in [0, 0.05) is 11.6 Å². The SMILES string of the molecule is Cc1ccc(C(CC(C)C(C)(C)C)NN)c(F)c1F. The van der Waals surface area contributed by atoms with Crippen molar-refractivity contribution in [3.8, 4) is 0 Å². The Balaban J connectivity index is 3.02. The maximum atomic E-state index is 14.0. The summed E-state index contributed by atoms with van der Waals surface area (Å²) in [5.41, 5.74) is 3.29. The largest absolute Gasteiger partial charge is 0.271 e. The van der Waals surface area contributed by atoms with Crippen molar-refractivity contribution in [2.45, 2.75) is 47.1 Å². The van der Waals surface area contributed by atoms with E-state index in [2.05, 4.69) is 33.1 Å². The lowest BCUT2D eigenvalue weighted by Gasteiger charge is -2.31. The zero-order valence-electron chi connectivity index (χ0n) is 12.3. The molecule has 0 radical (unpaired) electrons. The number of hydrogen-bond donors (Lipinski definition) is 2. The Kier molecular flexibility index (Phi) is 5.04. The van der Waals surface area contributed by atoms with E-state index >= 15 is 0 Å². The highest BCUT2D eigenvalue weighted by Crippen LogP contribution is 2.34. The average Bonchev–Trinajstić information content (AvgIpc) is 2.32. The maximum Gasteiger partial charge on any atom is 0.163 e. The normalized spacial score (nSPS) is 15.4. The van der Waals surface area contributed by atoms with Crippen LogP contribution in [0.15, 0.2) is 12.1 Å². The molecule has 0 aliphatic rings. The number of aryl methyl sites for hydroxylation is 1. The van der Waals surface area contributed by atoms with Crippen LogP contribution >= 0.6 is 0 Å². The van der Waals surface area contributed by atoms with E-state index in [-0.39, 0.29) is 11.5 Å².